The Morgan fingerprint density at radius 3 is 2.36 bits per heavy atom. The maximum Gasteiger partial charge on any atom is 0.253 e. The fraction of sp³-hybridized carbons (Fsp3) is 0.350. The van der Waals surface area contributed by atoms with E-state index >= 15 is 0 Å². The molecule has 1 aliphatic rings. The summed E-state index contributed by atoms with van der Waals surface area (Å²) >= 11 is 1.78. The van der Waals surface area contributed by atoms with Gasteiger partial charge < -0.3 is 14.5 Å². The first-order valence-corrected chi connectivity index (χ1v) is 9.59. The second-order valence-electron chi connectivity index (χ2n) is 6.13. The lowest BCUT2D eigenvalue weighted by Gasteiger charge is -2.32. The van der Waals surface area contributed by atoms with Gasteiger partial charge in [-0.1, -0.05) is 18.2 Å². The fourth-order valence-electron chi connectivity index (χ4n) is 2.72. The summed E-state index contributed by atoms with van der Waals surface area (Å²) in [6, 6.07) is 17.8. The molecule has 0 aliphatic carbocycles. The van der Waals surface area contributed by atoms with Crippen LogP contribution in [0.2, 0.25) is 0 Å². The molecule has 0 N–H and O–H groups in total. The molecule has 0 atom stereocenters. The van der Waals surface area contributed by atoms with Crippen LogP contribution in [-0.4, -0.2) is 61.3 Å². The van der Waals surface area contributed by atoms with Crippen LogP contribution in [0.3, 0.4) is 0 Å². The molecule has 1 saturated heterocycles. The lowest BCUT2D eigenvalue weighted by Crippen LogP contribution is -2.47. The summed E-state index contributed by atoms with van der Waals surface area (Å²) in [4.78, 5) is 17.9. The van der Waals surface area contributed by atoms with Crippen molar-refractivity contribution < 1.29 is 9.53 Å². The smallest absolute Gasteiger partial charge is 0.253 e. The van der Waals surface area contributed by atoms with Gasteiger partial charge in [-0.05, 0) is 43.4 Å². The number of likely N-dealkylation sites (N-methyl/N-ethyl adjacent to an activating group) is 1. The summed E-state index contributed by atoms with van der Waals surface area (Å²) in [5.74, 6) is 1.81. The summed E-state index contributed by atoms with van der Waals surface area (Å²) in [6.45, 7) is 4.11. The molecule has 4 nitrogen and oxygen atoms in total. The molecular formula is C20H24N2O2S. The van der Waals surface area contributed by atoms with E-state index in [4.69, 9.17) is 4.74 Å². The number of ether oxygens (including phenoxy) is 1. The quantitative estimate of drug-likeness (QED) is 0.588. The van der Waals surface area contributed by atoms with E-state index in [9.17, 15) is 4.79 Å². The van der Waals surface area contributed by atoms with Crippen LogP contribution in [0.1, 0.15) is 10.4 Å². The molecule has 0 unspecified atom stereocenters. The molecule has 0 saturated carbocycles. The van der Waals surface area contributed by atoms with Gasteiger partial charge in [-0.15, -0.1) is 11.8 Å². The molecule has 0 aromatic heterocycles. The van der Waals surface area contributed by atoms with Crippen molar-refractivity contribution >= 4 is 17.7 Å². The predicted octanol–water partition coefficient (Wildman–Crippen LogP) is 3.25. The van der Waals surface area contributed by atoms with E-state index in [0.29, 0.717) is 6.61 Å². The van der Waals surface area contributed by atoms with Crippen molar-refractivity contribution in [3.8, 4) is 5.75 Å². The zero-order valence-corrected chi connectivity index (χ0v) is 15.4. The number of hydrogen-bond donors (Lipinski definition) is 0. The topological polar surface area (TPSA) is 32.8 Å². The Morgan fingerprint density at radius 1 is 1.00 bits per heavy atom. The number of thioether (sulfide) groups is 1. The van der Waals surface area contributed by atoms with Gasteiger partial charge in [0.15, 0.2) is 0 Å². The Kier molecular flexibility index (Phi) is 6.36. The highest BCUT2D eigenvalue weighted by molar-refractivity contribution is 7.99. The molecule has 2 aromatic rings. The largest absolute Gasteiger partial charge is 0.493 e. The summed E-state index contributed by atoms with van der Waals surface area (Å²) in [6.07, 6.45) is 0. The second-order valence-corrected chi connectivity index (χ2v) is 7.30. The minimum Gasteiger partial charge on any atom is -0.493 e. The van der Waals surface area contributed by atoms with Crippen molar-refractivity contribution in [2.45, 2.75) is 4.90 Å². The lowest BCUT2D eigenvalue weighted by molar-refractivity contribution is 0.0664. The lowest BCUT2D eigenvalue weighted by atomic mass is 10.1. The molecule has 0 spiro atoms. The summed E-state index contributed by atoms with van der Waals surface area (Å²) in [5.41, 5.74) is 0.732. The minimum absolute atomic E-state index is 0.110. The SMILES string of the molecule is CN1CCN(C(=O)c2ccc(OCCSc3ccccc3)cc2)CC1. The third-order valence-corrected chi connectivity index (χ3v) is 5.23. The van der Waals surface area contributed by atoms with Gasteiger partial charge in [0, 0.05) is 42.4 Å². The van der Waals surface area contributed by atoms with Crippen LogP contribution in [0, 0.1) is 0 Å². The van der Waals surface area contributed by atoms with Crippen molar-refractivity contribution in [1.82, 2.24) is 9.80 Å². The van der Waals surface area contributed by atoms with E-state index in [1.54, 1.807) is 11.8 Å². The standard InChI is InChI=1S/C20H24N2O2S/c1-21-11-13-22(14-12-21)20(23)17-7-9-18(10-8-17)24-15-16-25-19-5-3-2-4-6-19/h2-10H,11-16H2,1H3. The Balaban J connectivity index is 1.44. The predicted molar refractivity (Wildman–Crippen MR) is 103 cm³/mol. The van der Waals surface area contributed by atoms with Crippen LogP contribution >= 0.6 is 11.8 Å². The van der Waals surface area contributed by atoms with Crippen molar-refractivity contribution in [3.63, 3.8) is 0 Å². The van der Waals surface area contributed by atoms with E-state index < -0.39 is 0 Å². The number of carbonyl (C=O) groups excluding carboxylic acids is 1. The molecular weight excluding hydrogens is 332 g/mol. The first-order chi connectivity index (χ1) is 12.2. The van der Waals surface area contributed by atoms with Crippen molar-refractivity contribution in [3.05, 3.63) is 60.2 Å². The zero-order chi connectivity index (χ0) is 17.5. The summed E-state index contributed by atoms with van der Waals surface area (Å²) < 4.78 is 5.77. The van der Waals surface area contributed by atoms with Crippen LogP contribution in [-0.2, 0) is 0 Å². The van der Waals surface area contributed by atoms with E-state index in [2.05, 4.69) is 24.1 Å². The normalized spacial score (nSPS) is 15.2. The Labute approximate surface area is 153 Å². The first kappa shape index (κ1) is 17.8. The third kappa shape index (κ3) is 5.25. The molecule has 1 heterocycles. The summed E-state index contributed by atoms with van der Waals surface area (Å²) in [7, 11) is 2.09. The van der Waals surface area contributed by atoms with Crippen LogP contribution < -0.4 is 4.74 Å². The molecule has 1 amide bonds. The maximum atomic E-state index is 12.5. The molecule has 25 heavy (non-hydrogen) atoms. The van der Waals surface area contributed by atoms with Crippen LogP contribution in [0.25, 0.3) is 0 Å². The highest BCUT2D eigenvalue weighted by atomic mass is 32.2. The zero-order valence-electron chi connectivity index (χ0n) is 14.6. The number of carbonyl (C=O) groups is 1. The van der Waals surface area contributed by atoms with Gasteiger partial charge in [0.05, 0.1) is 6.61 Å². The van der Waals surface area contributed by atoms with Gasteiger partial charge in [0.2, 0.25) is 0 Å². The first-order valence-electron chi connectivity index (χ1n) is 8.61. The monoisotopic (exact) mass is 356 g/mol. The number of benzene rings is 2. The van der Waals surface area contributed by atoms with Gasteiger partial charge in [0.1, 0.15) is 5.75 Å². The van der Waals surface area contributed by atoms with E-state index in [1.165, 1.54) is 4.90 Å². The van der Waals surface area contributed by atoms with Gasteiger partial charge in [-0.3, -0.25) is 4.79 Å². The average Bonchev–Trinajstić information content (AvgIpc) is 2.67. The number of amides is 1. The van der Waals surface area contributed by atoms with Crippen molar-refractivity contribution in [2.24, 2.45) is 0 Å². The molecule has 2 aromatic carbocycles. The van der Waals surface area contributed by atoms with Gasteiger partial charge in [-0.2, -0.15) is 0 Å². The Hall–Kier alpha value is -1.98. The van der Waals surface area contributed by atoms with Crippen LogP contribution in [0.5, 0.6) is 5.75 Å². The molecule has 0 bridgehead atoms. The average molecular weight is 356 g/mol. The van der Waals surface area contributed by atoms with E-state index in [1.807, 2.05) is 47.4 Å². The number of rotatable bonds is 6. The highest BCUT2D eigenvalue weighted by Crippen LogP contribution is 2.18. The van der Waals surface area contributed by atoms with Crippen molar-refractivity contribution in [1.29, 1.82) is 0 Å². The molecule has 1 aliphatic heterocycles. The van der Waals surface area contributed by atoms with Gasteiger partial charge >= 0.3 is 0 Å². The molecule has 3 rings (SSSR count). The Bertz CT molecular complexity index is 668. The Morgan fingerprint density at radius 2 is 1.68 bits per heavy atom. The molecule has 5 heteroatoms. The van der Waals surface area contributed by atoms with Crippen LogP contribution in [0.15, 0.2) is 59.5 Å². The second kappa shape index (κ2) is 8.92. The number of piperazine rings is 1. The maximum absolute atomic E-state index is 12.5. The van der Waals surface area contributed by atoms with Gasteiger partial charge in [-0.25, -0.2) is 0 Å². The molecule has 0 radical (unpaired) electrons. The molecule has 132 valence electrons. The molecule has 1 fully saturated rings. The van der Waals surface area contributed by atoms with E-state index in [-0.39, 0.29) is 5.91 Å². The number of nitrogens with zero attached hydrogens (tertiary/aromatic N) is 2. The van der Waals surface area contributed by atoms with Crippen molar-refractivity contribution in [2.75, 3.05) is 45.6 Å². The number of hydrogen-bond acceptors (Lipinski definition) is 4. The highest BCUT2D eigenvalue weighted by Gasteiger charge is 2.20. The van der Waals surface area contributed by atoms with Gasteiger partial charge in [0.25, 0.3) is 5.91 Å². The summed E-state index contributed by atoms with van der Waals surface area (Å²) in [5, 5.41) is 0. The van der Waals surface area contributed by atoms with E-state index in [0.717, 1.165) is 43.2 Å². The minimum atomic E-state index is 0.110. The fourth-order valence-corrected chi connectivity index (χ4v) is 3.47. The van der Waals surface area contributed by atoms with Crippen LogP contribution in [0.4, 0.5) is 0 Å². The third-order valence-electron chi connectivity index (χ3n) is 4.26.